The molecule has 3 aromatic rings. The van der Waals surface area contributed by atoms with Crippen molar-refractivity contribution in [1.29, 1.82) is 0 Å². The molecule has 1 aliphatic rings. The number of aryl methyl sites for hydroxylation is 1. The van der Waals surface area contributed by atoms with Crippen molar-refractivity contribution in [1.82, 2.24) is 0 Å². The minimum absolute atomic E-state index is 0.0237. The lowest BCUT2D eigenvalue weighted by molar-refractivity contribution is -0.119. The van der Waals surface area contributed by atoms with E-state index >= 15 is 0 Å². The number of para-hydroxylation sites is 1. The Morgan fingerprint density at radius 1 is 0.846 bits per heavy atom. The predicted octanol–water partition coefficient (Wildman–Crippen LogP) is 4.60. The van der Waals surface area contributed by atoms with E-state index in [0.717, 1.165) is 22.5 Å². The third kappa shape index (κ3) is 3.16. The van der Waals surface area contributed by atoms with Crippen molar-refractivity contribution in [2.75, 3.05) is 5.01 Å². The highest BCUT2D eigenvalue weighted by atomic mass is 16.2. The Hall–Kier alpha value is -3.20. The number of rotatable bonds is 4. The summed E-state index contributed by atoms with van der Waals surface area (Å²) in [4.78, 5) is 13.2. The van der Waals surface area contributed by atoms with Crippen molar-refractivity contribution in [2.24, 2.45) is 11.0 Å². The average Bonchev–Trinajstić information content (AvgIpc) is 3.00. The highest BCUT2D eigenvalue weighted by molar-refractivity contribution is 6.21. The molecule has 3 heteroatoms. The molecular weight excluding hydrogens is 320 g/mol. The van der Waals surface area contributed by atoms with Gasteiger partial charge in [0.2, 0.25) is 0 Å². The summed E-state index contributed by atoms with van der Waals surface area (Å²) in [5, 5.41) is 6.26. The lowest BCUT2D eigenvalue weighted by Gasteiger charge is -2.14. The summed E-state index contributed by atoms with van der Waals surface area (Å²) in [6.45, 7) is 2.06. The molecule has 0 spiro atoms. The van der Waals surface area contributed by atoms with E-state index in [4.69, 9.17) is 5.10 Å². The van der Waals surface area contributed by atoms with Crippen LogP contribution < -0.4 is 5.01 Å². The van der Waals surface area contributed by atoms with E-state index in [-0.39, 0.29) is 11.8 Å². The monoisotopic (exact) mass is 340 g/mol. The molecule has 0 saturated heterocycles. The standard InChI is InChI=1S/C23H20N2O/c1-17-12-14-19(15-13-17)22-21(16-18-8-4-2-5-9-18)23(26)25(24-22)20-10-6-3-7-11-20/h2-15,21H,16H2,1H3. The number of anilines is 1. The van der Waals surface area contributed by atoms with E-state index in [1.165, 1.54) is 5.56 Å². The highest BCUT2D eigenvalue weighted by Gasteiger charge is 2.37. The summed E-state index contributed by atoms with van der Waals surface area (Å²) in [5.41, 5.74) is 4.97. The second-order valence-corrected chi connectivity index (χ2v) is 6.58. The van der Waals surface area contributed by atoms with Crippen molar-refractivity contribution in [2.45, 2.75) is 13.3 Å². The molecule has 0 bridgehead atoms. The molecule has 128 valence electrons. The van der Waals surface area contributed by atoms with Gasteiger partial charge >= 0.3 is 0 Å². The lowest BCUT2D eigenvalue weighted by atomic mass is 9.90. The van der Waals surface area contributed by atoms with Crippen molar-refractivity contribution in [3.63, 3.8) is 0 Å². The number of hydrogen-bond acceptors (Lipinski definition) is 2. The fraction of sp³-hybridized carbons (Fsp3) is 0.130. The van der Waals surface area contributed by atoms with Crippen LogP contribution in [0.2, 0.25) is 0 Å². The molecule has 3 nitrogen and oxygen atoms in total. The van der Waals surface area contributed by atoms with Gasteiger partial charge in [-0.05, 0) is 36.6 Å². The topological polar surface area (TPSA) is 32.7 Å². The fourth-order valence-electron chi connectivity index (χ4n) is 3.26. The summed E-state index contributed by atoms with van der Waals surface area (Å²) in [6.07, 6.45) is 0.649. The molecule has 0 aliphatic carbocycles. The predicted molar refractivity (Wildman–Crippen MR) is 105 cm³/mol. The van der Waals surface area contributed by atoms with Crippen molar-refractivity contribution >= 4 is 17.3 Å². The zero-order valence-electron chi connectivity index (χ0n) is 14.7. The lowest BCUT2D eigenvalue weighted by Crippen LogP contribution is -2.29. The molecule has 0 N–H and O–H groups in total. The molecule has 3 aromatic carbocycles. The third-order valence-corrected chi connectivity index (χ3v) is 4.68. The zero-order chi connectivity index (χ0) is 17.9. The Morgan fingerprint density at radius 2 is 1.46 bits per heavy atom. The van der Waals surface area contributed by atoms with Crippen LogP contribution in [0.1, 0.15) is 16.7 Å². The number of amides is 1. The van der Waals surface area contributed by atoms with E-state index in [0.29, 0.717) is 6.42 Å². The smallest absolute Gasteiger partial charge is 0.256 e. The molecule has 1 unspecified atom stereocenters. The summed E-state index contributed by atoms with van der Waals surface area (Å²) >= 11 is 0. The molecule has 4 rings (SSSR count). The average molecular weight is 340 g/mol. The van der Waals surface area contributed by atoms with Crippen LogP contribution in [0.4, 0.5) is 5.69 Å². The minimum Gasteiger partial charge on any atom is -0.272 e. The zero-order valence-corrected chi connectivity index (χ0v) is 14.7. The number of carbonyl (C=O) groups is 1. The Bertz CT molecular complexity index is 931. The van der Waals surface area contributed by atoms with Gasteiger partial charge in [-0.25, -0.2) is 0 Å². The first kappa shape index (κ1) is 16.3. The first-order chi connectivity index (χ1) is 12.7. The molecule has 0 aromatic heterocycles. The van der Waals surface area contributed by atoms with E-state index in [1.807, 2.05) is 60.7 Å². The molecule has 1 atom stereocenters. The summed E-state index contributed by atoms with van der Waals surface area (Å²) < 4.78 is 0. The van der Waals surface area contributed by atoms with Crippen LogP contribution in [0.3, 0.4) is 0 Å². The molecule has 0 radical (unpaired) electrons. The van der Waals surface area contributed by atoms with Gasteiger partial charge < -0.3 is 0 Å². The largest absolute Gasteiger partial charge is 0.272 e. The first-order valence-electron chi connectivity index (χ1n) is 8.81. The van der Waals surface area contributed by atoms with E-state index < -0.39 is 0 Å². The van der Waals surface area contributed by atoms with Crippen molar-refractivity contribution < 1.29 is 4.79 Å². The number of carbonyl (C=O) groups excluding carboxylic acids is 1. The van der Waals surface area contributed by atoms with Gasteiger partial charge in [-0.3, -0.25) is 4.79 Å². The molecular formula is C23H20N2O. The third-order valence-electron chi connectivity index (χ3n) is 4.68. The maximum atomic E-state index is 13.2. The van der Waals surface area contributed by atoms with Gasteiger partial charge in [0.1, 0.15) is 0 Å². The van der Waals surface area contributed by atoms with Crippen LogP contribution in [-0.4, -0.2) is 11.6 Å². The molecule has 26 heavy (non-hydrogen) atoms. The molecule has 1 heterocycles. The van der Waals surface area contributed by atoms with E-state index in [2.05, 4.69) is 31.2 Å². The highest BCUT2D eigenvalue weighted by Crippen LogP contribution is 2.29. The van der Waals surface area contributed by atoms with Gasteiger partial charge in [-0.15, -0.1) is 0 Å². The van der Waals surface area contributed by atoms with Crippen LogP contribution in [0.15, 0.2) is 90.0 Å². The van der Waals surface area contributed by atoms with E-state index in [9.17, 15) is 4.79 Å². The van der Waals surface area contributed by atoms with Crippen LogP contribution >= 0.6 is 0 Å². The Balaban J connectivity index is 1.74. The summed E-state index contributed by atoms with van der Waals surface area (Å²) in [5.74, 6) is -0.254. The second kappa shape index (κ2) is 6.96. The van der Waals surface area contributed by atoms with Gasteiger partial charge in [-0.2, -0.15) is 10.1 Å². The van der Waals surface area contributed by atoms with Gasteiger partial charge in [0.05, 0.1) is 17.3 Å². The second-order valence-electron chi connectivity index (χ2n) is 6.58. The Kier molecular flexibility index (Phi) is 4.36. The molecule has 1 amide bonds. The Labute approximate surface area is 153 Å². The number of nitrogens with zero attached hydrogens (tertiary/aromatic N) is 2. The van der Waals surface area contributed by atoms with Crippen LogP contribution in [0.25, 0.3) is 0 Å². The SMILES string of the molecule is Cc1ccc(C2=NN(c3ccccc3)C(=O)C2Cc2ccccc2)cc1. The quantitative estimate of drug-likeness (QED) is 0.683. The maximum absolute atomic E-state index is 13.2. The molecule has 1 aliphatic heterocycles. The number of benzene rings is 3. The van der Waals surface area contributed by atoms with Crippen molar-refractivity contribution in [3.8, 4) is 0 Å². The molecule has 0 saturated carbocycles. The first-order valence-corrected chi connectivity index (χ1v) is 8.81. The van der Waals surface area contributed by atoms with Gasteiger partial charge in [-0.1, -0.05) is 78.4 Å². The van der Waals surface area contributed by atoms with Crippen LogP contribution in [0.5, 0.6) is 0 Å². The number of hydrogen-bond donors (Lipinski definition) is 0. The maximum Gasteiger partial charge on any atom is 0.256 e. The Morgan fingerprint density at radius 3 is 2.12 bits per heavy atom. The molecule has 0 fully saturated rings. The van der Waals surface area contributed by atoms with Crippen LogP contribution in [0, 0.1) is 12.8 Å². The normalized spacial score (nSPS) is 16.7. The number of hydrazone groups is 1. The fourth-order valence-corrected chi connectivity index (χ4v) is 3.26. The van der Waals surface area contributed by atoms with Crippen LogP contribution in [-0.2, 0) is 11.2 Å². The van der Waals surface area contributed by atoms with Gasteiger partial charge in [0.25, 0.3) is 5.91 Å². The summed E-state index contributed by atoms with van der Waals surface area (Å²) in [7, 11) is 0. The van der Waals surface area contributed by atoms with Gasteiger partial charge in [0.15, 0.2) is 0 Å². The van der Waals surface area contributed by atoms with Crippen molar-refractivity contribution in [3.05, 3.63) is 102 Å². The van der Waals surface area contributed by atoms with E-state index in [1.54, 1.807) is 5.01 Å². The van der Waals surface area contributed by atoms with Gasteiger partial charge in [0, 0.05) is 0 Å². The summed E-state index contributed by atoms with van der Waals surface area (Å²) in [6, 6.07) is 28.0. The minimum atomic E-state index is -0.277.